The van der Waals surface area contributed by atoms with Gasteiger partial charge in [0.25, 0.3) is 5.56 Å². The lowest BCUT2D eigenvalue weighted by Crippen LogP contribution is -2.30. The standard InChI is InChI=1S/C18H20F2N4O/c1-5-8-9-14(6-2)24-16(25)10-15(13-11-21-23(4)12-13)22-17(24)18(19,20)7-3/h5-6,8-12H,2,7H2,1,3-4H3/b8-5-,14-9+. The Morgan fingerprint density at radius 3 is 2.68 bits per heavy atom. The number of rotatable bonds is 6. The van der Waals surface area contributed by atoms with Crippen LogP contribution in [0, 0.1) is 0 Å². The number of nitrogens with zero attached hydrogens (tertiary/aromatic N) is 4. The maximum atomic E-state index is 14.5. The highest BCUT2D eigenvalue weighted by Crippen LogP contribution is 2.31. The number of hydrogen-bond donors (Lipinski definition) is 0. The molecule has 0 saturated carbocycles. The van der Waals surface area contributed by atoms with E-state index in [1.807, 2.05) is 0 Å². The van der Waals surface area contributed by atoms with Crippen molar-refractivity contribution in [3.63, 3.8) is 0 Å². The van der Waals surface area contributed by atoms with Gasteiger partial charge in [-0.05, 0) is 19.1 Å². The molecule has 5 nitrogen and oxygen atoms in total. The van der Waals surface area contributed by atoms with E-state index in [2.05, 4.69) is 16.7 Å². The van der Waals surface area contributed by atoms with Gasteiger partial charge in [0, 0.05) is 37.0 Å². The van der Waals surface area contributed by atoms with Crippen LogP contribution in [0.5, 0.6) is 0 Å². The molecular weight excluding hydrogens is 326 g/mol. The van der Waals surface area contributed by atoms with Gasteiger partial charge in [-0.15, -0.1) is 0 Å². The Kier molecular flexibility index (Phi) is 5.46. The van der Waals surface area contributed by atoms with Crippen LogP contribution in [0.1, 0.15) is 26.1 Å². The molecule has 0 spiro atoms. The van der Waals surface area contributed by atoms with Crippen molar-refractivity contribution in [3.8, 4) is 11.3 Å². The molecule has 0 unspecified atom stereocenters. The summed E-state index contributed by atoms with van der Waals surface area (Å²) in [5.74, 6) is -3.88. The van der Waals surface area contributed by atoms with E-state index >= 15 is 0 Å². The summed E-state index contributed by atoms with van der Waals surface area (Å²) in [7, 11) is 1.70. The lowest BCUT2D eigenvalue weighted by Gasteiger charge is -2.20. The Morgan fingerprint density at radius 1 is 1.44 bits per heavy atom. The van der Waals surface area contributed by atoms with Crippen molar-refractivity contribution in [1.29, 1.82) is 0 Å². The molecule has 0 fully saturated rings. The molecule has 0 aliphatic heterocycles. The second kappa shape index (κ2) is 7.38. The number of aryl methyl sites for hydroxylation is 1. The highest BCUT2D eigenvalue weighted by Gasteiger charge is 2.36. The summed E-state index contributed by atoms with van der Waals surface area (Å²) in [4.78, 5) is 16.7. The third-order valence-corrected chi connectivity index (χ3v) is 3.62. The van der Waals surface area contributed by atoms with Crippen LogP contribution in [-0.2, 0) is 13.0 Å². The molecule has 2 heterocycles. The van der Waals surface area contributed by atoms with Gasteiger partial charge in [-0.3, -0.25) is 14.0 Å². The summed E-state index contributed by atoms with van der Waals surface area (Å²) < 4.78 is 31.5. The van der Waals surface area contributed by atoms with Crippen molar-refractivity contribution in [3.05, 3.63) is 65.5 Å². The van der Waals surface area contributed by atoms with Gasteiger partial charge in [-0.2, -0.15) is 13.9 Å². The average Bonchev–Trinajstić information content (AvgIpc) is 3.02. The maximum absolute atomic E-state index is 14.5. The predicted octanol–water partition coefficient (Wildman–Crippen LogP) is 3.75. The molecule has 2 aromatic heterocycles. The molecule has 0 atom stereocenters. The van der Waals surface area contributed by atoms with Crippen molar-refractivity contribution in [2.24, 2.45) is 7.05 Å². The zero-order chi connectivity index (χ0) is 18.6. The molecule has 0 bridgehead atoms. The van der Waals surface area contributed by atoms with Crippen LogP contribution in [0.25, 0.3) is 17.0 Å². The molecule has 2 rings (SSSR count). The van der Waals surface area contributed by atoms with Gasteiger partial charge in [0.15, 0.2) is 5.82 Å². The largest absolute Gasteiger partial charge is 0.305 e. The predicted molar refractivity (Wildman–Crippen MR) is 94.2 cm³/mol. The van der Waals surface area contributed by atoms with E-state index in [9.17, 15) is 13.6 Å². The normalized spacial score (nSPS) is 12.8. The van der Waals surface area contributed by atoms with Crippen molar-refractivity contribution in [1.82, 2.24) is 19.3 Å². The zero-order valence-corrected chi connectivity index (χ0v) is 14.4. The number of hydrogen-bond acceptors (Lipinski definition) is 3. The van der Waals surface area contributed by atoms with Gasteiger partial charge in [0.05, 0.1) is 11.9 Å². The molecule has 0 aromatic carbocycles. The van der Waals surface area contributed by atoms with Crippen LogP contribution in [0.2, 0.25) is 0 Å². The Morgan fingerprint density at radius 2 is 2.16 bits per heavy atom. The molecular formula is C18H20F2N4O. The van der Waals surface area contributed by atoms with Crippen LogP contribution in [0.4, 0.5) is 8.78 Å². The van der Waals surface area contributed by atoms with Crippen LogP contribution < -0.4 is 5.56 Å². The van der Waals surface area contributed by atoms with Crippen LogP contribution in [0.15, 0.2) is 54.1 Å². The van der Waals surface area contributed by atoms with Crippen molar-refractivity contribution < 1.29 is 8.78 Å². The third-order valence-electron chi connectivity index (χ3n) is 3.62. The molecule has 0 amide bonds. The second-order valence-corrected chi connectivity index (χ2v) is 5.42. The van der Waals surface area contributed by atoms with E-state index in [1.54, 1.807) is 32.3 Å². The Labute approximate surface area is 144 Å². The zero-order valence-electron chi connectivity index (χ0n) is 14.4. The molecule has 2 aromatic rings. The number of alkyl halides is 2. The summed E-state index contributed by atoms with van der Waals surface area (Å²) in [6, 6.07) is 1.22. The molecule has 0 radical (unpaired) electrons. The van der Waals surface area contributed by atoms with E-state index in [1.165, 1.54) is 36.0 Å². The first kappa shape index (κ1) is 18.5. The number of halogens is 2. The van der Waals surface area contributed by atoms with E-state index in [0.717, 1.165) is 4.57 Å². The van der Waals surface area contributed by atoms with E-state index < -0.39 is 23.7 Å². The minimum Gasteiger partial charge on any atom is -0.275 e. The first-order valence-corrected chi connectivity index (χ1v) is 7.81. The van der Waals surface area contributed by atoms with Gasteiger partial charge >= 0.3 is 5.92 Å². The fourth-order valence-corrected chi connectivity index (χ4v) is 2.27. The highest BCUT2D eigenvalue weighted by atomic mass is 19.3. The lowest BCUT2D eigenvalue weighted by molar-refractivity contribution is -0.0198. The minimum absolute atomic E-state index is 0.159. The molecule has 0 aliphatic rings. The summed E-state index contributed by atoms with van der Waals surface area (Å²) in [6.45, 7) is 6.74. The second-order valence-electron chi connectivity index (χ2n) is 5.42. The van der Waals surface area contributed by atoms with Gasteiger partial charge < -0.3 is 0 Å². The first-order valence-electron chi connectivity index (χ1n) is 7.81. The fourth-order valence-electron chi connectivity index (χ4n) is 2.27. The van der Waals surface area contributed by atoms with Crippen LogP contribution in [0.3, 0.4) is 0 Å². The molecule has 0 N–H and O–H groups in total. The third kappa shape index (κ3) is 3.81. The first-order chi connectivity index (χ1) is 11.8. The monoisotopic (exact) mass is 346 g/mol. The quantitative estimate of drug-likeness (QED) is 0.749. The molecule has 0 saturated heterocycles. The molecule has 132 valence electrons. The van der Waals surface area contributed by atoms with E-state index in [-0.39, 0.29) is 11.4 Å². The molecule has 0 aliphatic carbocycles. The van der Waals surface area contributed by atoms with Crippen LogP contribution >= 0.6 is 0 Å². The lowest BCUT2D eigenvalue weighted by atomic mass is 10.2. The molecule has 25 heavy (non-hydrogen) atoms. The summed E-state index contributed by atoms with van der Waals surface area (Å²) in [5.41, 5.74) is 0.286. The van der Waals surface area contributed by atoms with Gasteiger partial charge in [-0.1, -0.05) is 25.7 Å². The van der Waals surface area contributed by atoms with Crippen molar-refractivity contribution in [2.45, 2.75) is 26.2 Å². The van der Waals surface area contributed by atoms with Gasteiger partial charge in [-0.25, -0.2) is 4.98 Å². The maximum Gasteiger partial charge on any atom is 0.305 e. The van der Waals surface area contributed by atoms with E-state index in [0.29, 0.717) is 5.56 Å². The van der Waals surface area contributed by atoms with Crippen LogP contribution in [-0.4, -0.2) is 19.3 Å². The Bertz CT molecular complexity index is 891. The summed E-state index contributed by atoms with van der Waals surface area (Å²) >= 11 is 0. The smallest absolute Gasteiger partial charge is 0.275 e. The SMILES string of the molecule is C=C/C(=C\C=C/C)n1c(C(F)(F)CC)nc(-c2cnn(C)c2)cc1=O. The summed E-state index contributed by atoms with van der Waals surface area (Å²) in [6.07, 6.45) is 8.87. The highest BCUT2D eigenvalue weighted by molar-refractivity contribution is 5.62. The van der Waals surface area contributed by atoms with Crippen molar-refractivity contribution >= 4 is 5.70 Å². The average molecular weight is 346 g/mol. The number of aromatic nitrogens is 4. The van der Waals surface area contributed by atoms with Gasteiger partial charge in [0.1, 0.15) is 0 Å². The fraction of sp³-hybridized carbons (Fsp3) is 0.278. The Hall–Kier alpha value is -2.83. The Balaban J connectivity index is 2.79. The molecule has 7 heteroatoms. The van der Waals surface area contributed by atoms with E-state index in [4.69, 9.17) is 0 Å². The summed E-state index contributed by atoms with van der Waals surface area (Å²) in [5, 5.41) is 3.99. The van der Waals surface area contributed by atoms with Gasteiger partial charge in [0.2, 0.25) is 0 Å². The number of allylic oxidation sites excluding steroid dienone is 5. The topological polar surface area (TPSA) is 52.7 Å². The minimum atomic E-state index is -3.27. The van der Waals surface area contributed by atoms with Crippen molar-refractivity contribution in [2.75, 3.05) is 0 Å².